The molecule has 0 unspecified atom stereocenters. The molecule has 0 aliphatic heterocycles. The Kier molecular flexibility index (Phi) is 21.2. The zero-order valence-electron chi connectivity index (χ0n) is 5.07. The SMILES string of the molecule is [CH-]=CC(=C)C.[CH3-].[Zn+2]. The molecule has 0 saturated heterocycles. The molecule has 0 N–H and O–H groups in total. The number of allylic oxidation sites excluding steroid dienone is 2. The van der Waals surface area contributed by atoms with Crippen molar-refractivity contribution in [1.82, 2.24) is 0 Å². The molecule has 7 heavy (non-hydrogen) atoms. The molecule has 0 bridgehead atoms. The Bertz CT molecular complexity index is 55.2. The van der Waals surface area contributed by atoms with Gasteiger partial charge in [-0.3, -0.25) is 6.58 Å². The van der Waals surface area contributed by atoms with E-state index in [0.717, 1.165) is 5.57 Å². The van der Waals surface area contributed by atoms with Crippen LogP contribution in [0.25, 0.3) is 0 Å². The van der Waals surface area contributed by atoms with Crippen molar-refractivity contribution < 1.29 is 19.5 Å². The Balaban J connectivity index is -0.0000000800. The molecule has 0 aliphatic carbocycles. The molecule has 0 aromatic rings. The van der Waals surface area contributed by atoms with Gasteiger partial charge in [0.1, 0.15) is 0 Å². The van der Waals surface area contributed by atoms with Crippen LogP contribution in [0.5, 0.6) is 0 Å². The average molecular weight is 148 g/mol. The van der Waals surface area contributed by atoms with Gasteiger partial charge in [0.15, 0.2) is 0 Å². The van der Waals surface area contributed by atoms with E-state index in [1.807, 2.05) is 6.92 Å². The Morgan fingerprint density at radius 1 is 1.71 bits per heavy atom. The maximum absolute atomic E-state index is 4.95. The van der Waals surface area contributed by atoms with Crippen LogP contribution < -0.4 is 0 Å². The summed E-state index contributed by atoms with van der Waals surface area (Å²) in [5, 5.41) is 0. The summed E-state index contributed by atoms with van der Waals surface area (Å²) in [6.07, 6.45) is 1.47. The minimum absolute atomic E-state index is 0. The molecule has 0 aromatic carbocycles. The van der Waals surface area contributed by atoms with Crippen molar-refractivity contribution in [3.63, 3.8) is 0 Å². The summed E-state index contributed by atoms with van der Waals surface area (Å²) < 4.78 is 0. The third-order valence-corrected chi connectivity index (χ3v) is 0.285. The van der Waals surface area contributed by atoms with E-state index < -0.39 is 0 Å². The maximum atomic E-state index is 4.95. The van der Waals surface area contributed by atoms with Crippen LogP contribution in [0.15, 0.2) is 18.2 Å². The predicted molar refractivity (Wildman–Crippen MR) is 30.1 cm³/mol. The van der Waals surface area contributed by atoms with Gasteiger partial charge in [0, 0.05) is 0 Å². The van der Waals surface area contributed by atoms with Gasteiger partial charge in [-0.25, -0.2) is 11.6 Å². The van der Waals surface area contributed by atoms with Crippen molar-refractivity contribution in [3.05, 3.63) is 32.2 Å². The molecular weight excluding hydrogens is 137 g/mol. The average Bonchev–Trinajstić information content (AvgIpc) is 1.38. The number of hydrogen-bond acceptors (Lipinski definition) is 0. The van der Waals surface area contributed by atoms with Gasteiger partial charge in [0.2, 0.25) is 0 Å². The van der Waals surface area contributed by atoms with Crippen molar-refractivity contribution in [2.24, 2.45) is 0 Å². The van der Waals surface area contributed by atoms with E-state index in [1.54, 1.807) is 0 Å². The zero-order valence-corrected chi connectivity index (χ0v) is 8.04. The molecule has 0 amide bonds. The van der Waals surface area contributed by atoms with Gasteiger partial charge >= 0.3 is 19.5 Å². The van der Waals surface area contributed by atoms with Crippen LogP contribution in [0, 0.1) is 14.0 Å². The quantitative estimate of drug-likeness (QED) is 0.302. The summed E-state index contributed by atoms with van der Waals surface area (Å²) in [6.45, 7) is 10.3. The molecule has 0 spiro atoms. The Labute approximate surface area is 59.1 Å². The first-order valence-electron chi connectivity index (χ1n) is 1.48. The summed E-state index contributed by atoms with van der Waals surface area (Å²) in [5.74, 6) is 0. The predicted octanol–water partition coefficient (Wildman–Crippen LogP) is 2.00. The van der Waals surface area contributed by atoms with Gasteiger partial charge in [0.05, 0.1) is 0 Å². The molecule has 0 atom stereocenters. The third-order valence-electron chi connectivity index (χ3n) is 0.285. The third kappa shape index (κ3) is 23.2. The second kappa shape index (κ2) is 9.44. The van der Waals surface area contributed by atoms with Crippen molar-refractivity contribution in [1.29, 1.82) is 0 Å². The van der Waals surface area contributed by atoms with Gasteiger partial charge in [-0.05, 0) is 0 Å². The van der Waals surface area contributed by atoms with Gasteiger partial charge in [-0.15, -0.1) is 6.92 Å². The Morgan fingerprint density at radius 3 is 1.86 bits per heavy atom. The molecule has 36 valence electrons. The molecule has 0 fully saturated rings. The summed E-state index contributed by atoms with van der Waals surface area (Å²) in [7, 11) is 0. The van der Waals surface area contributed by atoms with E-state index in [9.17, 15) is 0 Å². The largest absolute Gasteiger partial charge is 2.00 e. The summed E-state index contributed by atoms with van der Waals surface area (Å²) in [6, 6.07) is 0. The summed E-state index contributed by atoms with van der Waals surface area (Å²) >= 11 is 0. The molecule has 0 aromatic heterocycles. The standard InChI is InChI=1S/C5H7.CH3.Zn/c1-4-5(2)3;;/h1,4H,2H2,3H3;1H3;/q2*-1;+2. The first-order valence-corrected chi connectivity index (χ1v) is 1.48. The number of rotatable bonds is 1. The fourth-order valence-corrected chi connectivity index (χ4v) is 0. The van der Waals surface area contributed by atoms with Crippen LogP contribution in [0.2, 0.25) is 0 Å². The maximum Gasteiger partial charge on any atom is 2.00 e. The van der Waals surface area contributed by atoms with E-state index in [-0.39, 0.29) is 26.9 Å². The van der Waals surface area contributed by atoms with E-state index in [2.05, 4.69) is 6.58 Å². The smallest absolute Gasteiger partial charge is 0.358 e. The van der Waals surface area contributed by atoms with Crippen LogP contribution >= 0.6 is 0 Å². The second-order valence-electron chi connectivity index (χ2n) is 1.01. The molecule has 0 heterocycles. The van der Waals surface area contributed by atoms with Crippen molar-refractivity contribution >= 4 is 0 Å². The minimum atomic E-state index is 0. The normalized spacial score (nSPS) is 4.71. The topological polar surface area (TPSA) is 0 Å². The van der Waals surface area contributed by atoms with Crippen molar-refractivity contribution in [3.8, 4) is 0 Å². The molecule has 0 nitrogen and oxygen atoms in total. The molecular formula is C6H10Zn. The monoisotopic (exact) mass is 146 g/mol. The number of hydrogen-bond donors (Lipinski definition) is 0. The Morgan fingerprint density at radius 2 is 1.86 bits per heavy atom. The fraction of sp³-hybridized carbons (Fsp3) is 0.167. The summed E-state index contributed by atoms with van der Waals surface area (Å²) in [5.41, 5.74) is 0.907. The first kappa shape index (κ1) is 15.7. The fourth-order valence-electron chi connectivity index (χ4n) is 0. The van der Waals surface area contributed by atoms with Gasteiger partial charge in [0.25, 0.3) is 0 Å². The van der Waals surface area contributed by atoms with Gasteiger partial charge in [-0.2, -0.15) is 6.58 Å². The summed E-state index contributed by atoms with van der Waals surface area (Å²) in [4.78, 5) is 0. The van der Waals surface area contributed by atoms with E-state index in [4.69, 9.17) is 6.58 Å². The van der Waals surface area contributed by atoms with Crippen LogP contribution in [0.3, 0.4) is 0 Å². The van der Waals surface area contributed by atoms with Gasteiger partial charge in [-0.1, -0.05) is 0 Å². The minimum Gasteiger partial charge on any atom is -0.358 e. The molecule has 0 rings (SSSR count). The van der Waals surface area contributed by atoms with E-state index in [1.165, 1.54) is 6.08 Å². The molecule has 0 aliphatic rings. The Hall–Kier alpha value is 0.103. The zero-order chi connectivity index (χ0) is 4.28. The molecule has 0 saturated carbocycles. The van der Waals surface area contributed by atoms with E-state index >= 15 is 0 Å². The van der Waals surface area contributed by atoms with Crippen LogP contribution in [-0.2, 0) is 19.5 Å². The van der Waals surface area contributed by atoms with Crippen LogP contribution in [0.1, 0.15) is 6.92 Å². The van der Waals surface area contributed by atoms with Crippen molar-refractivity contribution in [2.75, 3.05) is 0 Å². The molecule has 0 radical (unpaired) electrons. The van der Waals surface area contributed by atoms with Crippen molar-refractivity contribution in [2.45, 2.75) is 6.92 Å². The van der Waals surface area contributed by atoms with Crippen LogP contribution in [0.4, 0.5) is 0 Å². The van der Waals surface area contributed by atoms with Gasteiger partial charge < -0.3 is 7.43 Å². The van der Waals surface area contributed by atoms with E-state index in [0.29, 0.717) is 0 Å². The molecule has 1 heteroatoms. The second-order valence-corrected chi connectivity index (χ2v) is 1.01. The van der Waals surface area contributed by atoms with Crippen LogP contribution in [-0.4, -0.2) is 0 Å². The first-order chi connectivity index (χ1) is 2.27.